The Labute approximate surface area is 190 Å². The molecular weight excluding hydrogens is 484 g/mol. The summed E-state index contributed by atoms with van der Waals surface area (Å²) in [5, 5.41) is 3.63. The van der Waals surface area contributed by atoms with Crippen LogP contribution in [0.3, 0.4) is 0 Å². The molecule has 1 aromatic rings. The molecule has 1 saturated carbocycles. The molecule has 2 saturated heterocycles. The van der Waals surface area contributed by atoms with E-state index in [9.17, 15) is 4.39 Å². The van der Waals surface area contributed by atoms with Gasteiger partial charge in [0.05, 0.1) is 12.7 Å². The number of ether oxygens (including phenoxy) is 2. The average Bonchev–Trinajstić information content (AvgIpc) is 3.42. The molecule has 0 amide bonds. The number of nitrogens with one attached hydrogen (secondary N) is 1. The van der Waals surface area contributed by atoms with Crippen LogP contribution < -0.4 is 5.32 Å². The lowest BCUT2D eigenvalue weighted by Gasteiger charge is -2.38. The Hall–Kier alpha value is -0.930. The van der Waals surface area contributed by atoms with Crippen LogP contribution in [-0.4, -0.2) is 63.0 Å². The van der Waals surface area contributed by atoms with Gasteiger partial charge < -0.3 is 19.7 Å². The summed E-state index contributed by atoms with van der Waals surface area (Å²) in [6.07, 6.45) is 7.23. The number of halogens is 2. The van der Waals surface area contributed by atoms with Crippen molar-refractivity contribution in [3.63, 3.8) is 0 Å². The largest absolute Gasteiger partial charge is 0.375 e. The fourth-order valence-electron chi connectivity index (χ4n) is 4.99. The van der Waals surface area contributed by atoms with Gasteiger partial charge in [0.2, 0.25) is 0 Å². The van der Waals surface area contributed by atoms with E-state index >= 15 is 0 Å². The van der Waals surface area contributed by atoms with E-state index in [0.29, 0.717) is 6.61 Å². The molecule has 29 heavy (non-hydrogen) atoms. The predicted octanol–water partition coefficient (Wildman–Crippen LogP) is 3.71. The maximum absolute atomic E-state index is 13.4. The van der Waals surface area contributed by atoms with E-state index < -0.39 is 0 Å². The summed E-state index contributed by atoms with van der Waals surface area (Å²) in [5.74, 6) is 0.758. The lowest BCUT2D eigenvalue weighted by atomic mass is 9.79. The quantitative estimate of drug-likeness (QED) is 0.376. The zero-order valence-corrected chi connectivity index (χ0v) is 19.6. The third-order valence-electron chi connectivity index (χ3n) is 6.59. The fourth-order valence-corrected chi connectivity index (χ4v) is 4.99. The first-order chi connectivity index (χ1) is 13.7. The molecule has 2 heterocycles. The van der Waals surface area contributed by atoms with Gasteiger partial charge in [-0.3, -0.25) is 4.99 Å². The normalized spacial score (nSPS) is 27.0. The highest BCUT2D eigenvalue weighted by atomic mass is 127. The second-order valence-corrected chi connectivity index (χ2v) is 8.30. The molecule has 0 aromatic heterocycles. The summed E-state index contributed by atoms with van der Waals surface area (Å²) in [6.45, 7) is 4.03. The molecule has 3 aliphatic rings. The Balaban J connectivity index is 0.00000240. The van der Waals surface area contributed by atoms with Gasteiger partial charge in [0.25, 0.3) is 0 Å². The summed E-state index contributed by atoms with van der Waals surface area (Å²) in [5.41, 5.74) is 1.29. The number of benzene rings is 1. The topological polar surface area (TPSA) is 46.1 Å². The van der Waals surface area contributed by atoms with Crippen molar-refractivity contribution in [2.75, 3.05) is 39.9 Å². The van der Waals surface area contributed by atoms with Crippen LogP contribution in [0.4, 0.5) is 4.39 Å². The summed E-state index contributed by atoms with van der Waals surface area (Å²) in [7, 11) is 1.85. The smallest absolute Gasteiger partial charge is 0.193 e. The number of hydrogen-bond donors (Lipinski definition) is 1. The molecule has 4 rings (SSSR count). The van der Waals surface area contributed by atoms with Gasteiger partial charge in [-0.15, -0.1) is 24.0 Å². The number of nitrogens with zero attached hydrogens (tertiary/aromatic N) is 2. The second kappa shape index (κ2) is 10.4. The molecule has 0 bridgehead atoms. The van der Waals surface area contributed by atoms with Crippen LogP contribution in [0, 0.1) is 5.82 Å². The first kappa shape index (κ1) is 22.7. The average molecular weight is 517 g/mol. The van der Waals surface area contributed by atoms with E-state index in [0.717, 1.165) is 57.9 Å². The van der Waals surface area contributed by atoms with E-state index in [2.05, 4.69) is 15.2 Å². The van der Waals surface area contributed by atoms with Crippen molar-refractivity contribution in [1.82, 2.24) is 10.2 Å². The van der Waals surface area contributed by atoms with Crippen molar-refractivity contribution in [2.24, 2.45) is 4.99 Å². The number of hydrogen-bond acceptors (Lipinski definition) is 3. The molecule has 2 unspecified atom stereocenters. The van der Waals surface area contributed by atoms with E-state index in [-0.39, 0.29) is 47.4 Å². The number of morpholine rings is 1. The van der Waals surface area contributed by atoms with Crippen LogP contribution >= 0.6 is 24.0 Å². The molecule has 3 fully saturated rings. The molecule has 1 aliphatic carbocycles. The first-order valence-corrected chi connectivity index (χ1v) is 10.7. The minimum Gasteiger partial charge on any atom is -0.375 e. The summed E-state index contributed by atoms with van der Waals surface area (Å²) in [6, 6.07) is 7.07. The minimum atomic E-state index is -0.172. The highest BCUT2D eigenvalue weighted by Crippen LogP contribution is 2.40. The van der Waals surface area contributed by atoms with Gasteiger partial charge in [-0.1, -0.05) is 25.0 Å². The molecule has 5 nitrogen and oxygen atoms in total. The Morgan fingerprint density at radius 3 is 2.52 bits per heavy atom. The number of guanidine groups is 1. The van der Waals surface area contributed by atoms with Crippen LogP contribution in [0.1, 0.15) is 44.1 Å². The SMILES string of the molecule is CN=C(NCC1(c2ccc(F)cc2)CCCC1)N1CCOC(C2CCCO2)C1.I. The van der Waals surface area contributed by atoms with Gasteiger partial charge in [-0.05, 0) is 43.4 Å². The molecule has 1 aromatic carbocycles. The third kappa shape index (κ3) is 5.22. The van der Waals surface area contributed by atoms with Gasteiger partial charge in [0.1, 0.15) is 11.9 Å². The lowest BCUT2D eigenvalue weighted by Crippen LogP contribution is -2.54. The van der Waals surface area contributed by atoms with Gasteiger partial charge in [-0.2, -0.15) is 0 Å². The van der Waals surface area contributed by atoms with Crippen molar-refractivity contribution in [1.29, 1.82) is 0 Å². The Kier molecular flexibility index (Phi) is 8.15. The van der Waals surface area contributed by atoms with Gasteiger partial charge in [0, 0.05) is 38.7 Å². The highest BCUT2D eigenvalue weighted by Gasteiger charge is 2.37. The van der Waals surface area contributed by atoms with E-state index in [1.165, 1.54) is 18.4 Å². The minimum absolute atomic E-state index is 0. The first-order valence-electron chi connectivity index (χ1n) is 10.7. The van der Waals surface area contributed by atoms with E-state index in [4.69, 9.17) is 9.47 Å². The molecule has 0 spiro atoms. The van der Waals surface area contributed by atoms with Crippen LogP contribution in [0.25, 0.3) is 0 Å². The maximum atomic E-state index is 13.4. The predicted molar refractivity (Wildman–Crippen MR) is 124 cm³/mol. The monoisotopic (exact) mass is 517 g/mol. The van der Waals surface area contributed by atoms with Crippen molar-refractivity contribution in [2.45, 2.75) is 56.1 Å². The Morgan fingerprint density at radius 1 is 1.14 bits per heavy atom. The van der Waals surface area contributed by atoms with Gasteiger partial charge >= 0.3 is 0 Å². The summed E-state index contributed by atoms with van der Waals surface area (Å²) in [4.78, 5) is 6.84. The molecule has 2 atom stereocenters. The van der Waals surface area contributed by atoms with E-state index in [1.54, 1.807) is 12.1 Å². The van der Waals surface area contributed by atoms with Crippen molar-refractivity contribution in [3.05, 3.63) is 35.6 Å². The van der Waals surface area contributed by atoms with Crippen LogP contribution in [-0.2, 0) is 14.9 Å². The Morgan fingerprint density at radius 2 is 1.86 bits per heavy atom. The Bertz CT molecular complexity index is 673. The van der Waals surface area contributed by atoms with Gasteiger partial charge in [0.15, 0.2) is 5.96 Å². The second-order valence-electron chi connectivity index (χ2n) is 8.30. The van der Waals surface area contributed by atoms with Crippen LogP contribution in [0.2, 0.25) is 0 Å². The molecular formula is C22H33FIN3O2. The summed E-state index contributed by atoms with van der Waals surface area (Å²) < 4.78 is 25.2. The van der Waals surface area contributed by atoms with Gasteiger partial charge in [-0.25, -0.2) is 4.39 Å². The lowest BCUT2D eigenvalue weighted by molar-refractivity contribution is -0.0817. The standard InChI is InChI=1S/C22H32FN3O2.HI/c1-24-21(26-12-14-28-20(15-26)19-5-4-13-27-19)25-16-22(10-2-3-11-22)17-6-8-18(23)9-7-17;/h6-9,19-20H,2-5,10-16H2,1H3,(H,24,25);1H. The number of rotatable bonds is 4. The molecule has 2 aliphatic heterocycles. The molecule has 7 heteroatoms. The van der Waals surface area contributed by atoms with Crippen molar-refractivity contribution < 1.29 is 13.9 Å². The third-order valence-corrected chi connectivity index (χ3v) is 6.59. The molecule has 162 valence electrons. The fraction of sp³-hybridized carbons (Fsp3) is 0.682. The summed E-state index contributed by atoms with van der Waals surface area (Å²) >= 11 is 0. The van der Waals surface area contributed by atoms with Crippen molar-refractivity contribution in [3.8, 4) is 0 Å². The molecule has 0 radical (unpaired) electrons. The zero-order chi connectivity index (χ0) is 19.4. The molecule has 1 N–H and O–H groups in total. The van der Waals surface area contributed by atoms with Crippen LogP contribution in [0.5, 0.6) is 0 Å². The van der Waals surface area contributed by atoms with Crippen molar-refractivity contribution >= 4 is 29.9 Å². The maximum Gasteiger partial charge on any atom is 0.193 e. The van der Waals surface area contributed by atoms with Crippen LogP contribution in [0.15, 0.2) is 29.3 Å². The van der Waals surface area contributed by atoms with E-state index in [1.807, 2.05) is 19.2 Å². The number of aliphatic imine (C=N–C) groups is 1. The zero-order valence-electron chi connectivity index (χ0n) is 17.2. The highest BCUT2D eigenvalue weighted by molar-refractivity contribution is 14.0.